The summed E-state index contributed by atoms with van der Waals surface area (Å²) in [7, 11) is -3.55. The van der Waals surface area contributed by atoms with Gasteiger partial charge >= 0.3 is 0 Å². The summed E-state index contributed by atoms with van der Waals surface area (Å²) in [6.45, 7) is 1.23. The van der Waals surface area contributed by atoms with Crippen molar-refractivity contribution in [3.05, 3.63) is 39.8 Å². The van der Waals surface area contributed by atoms with Crippen molar-refractivity contribution in [2.45, 2.75) is 9.24 Å². The maximum Gasteiger partial charge on any atom is 0.252 e. The molecular formula is C15H15Cl2N3O3S3. The van der Waals surface area contributed by atoms with E-state index in [9.17, 15) is 13.2 Å². The van der Waals surface area contributed by atoms with Gasteiger partial charge in [0.2, 0.25) is 5.91 Å². The molecule has 0 atom stereocenters. The lowest BCUT2D eigenvalue weighted by Crippen LogP contribution is -2.50. The Labute approximate surface area is 170 Å². The third-order valence-corrected chi connectivity index (χ3v) is 8.80. The second-order valence-corrected chi connectivity index (χ2v) is 10.7. The Hall–Kier alpha value is -0.840. The largest absolute Gasteiger partial charge is 0.339 e. The lowest BCUT2D eigenvalue weighted by Gasteiger charge is -2.33. The number of pyridine rings is 1. The first-order valence-electron chi connectivity index (χ1n) is 7.64. The summed E-state index contributed by atoms with van der Waals surface area (Å²) in [5.74, 6) is 0.150. The number of carbonyl (C=O) groups is 1. The molecule has 0 bridgehead atoms. The van der Waals surface area contributed by atoms with Crippen molar-refractivity contribution in [3.8, 4) is 0 Å². The number of hydrogen-bond donors (Lipinski definition) is 0. The molecule has 2 aromatic heterocycles. The highest BCUT2D eigenvalue weighted by Gasteiger charge is 2.31. The molecule has 3 rings (SSSR count). The van der Waals surface area contributed by atoms with Crippen LogP contribution in [0.4, 0.5) is 0 Å². The summed E-state index contributed by atoms with van der Waals surface area (Å²) in [6, 6.07) is 6.53. The number of carbonyl (C=O) groups excluding carboxylic acids is 1. The van der Waals surface area contributed by atoms with Gasteiger partial charge in [-0.05, 0) is 24.3 Å². The van der Waals surface area contributed by atoms with Gasteiger partial charge in [0.25, 0.3) is 10.0 Å². The van der Waals surface area contributed by atoms with E-state index >= 15 is 0 Å². The monoisotopic (exact) mass is 451 g/mol. The van der Waals surface area contributed by atoms with Crippen LogP contribution < -0.4 is 0 Å². The van der Waals surface area contributed by atoms with E-state index in [0.29, 0.717) is 27.5 Å². The van der Waals surface area contributed by atoms with Gasteiger partial charge in [0, 0.05) is 32.4 Å². The molecule has 1 aliphatic rings. The molecule has 1 amide bonds. The van der Waals surface area contributed by atoms with E-state index in [1.807, 2.05) is 0 Å². The molecule has 0 radical (unpaired) electrons. The van der Waals surface area contributed by atoms with Crippen LogP contribution in [-0.4, -0.2) is 60.4 Å². The molecule has 26 heavy (non-hydrogen) atoms. The summed E-state index contributed by atoms with van der Waals surface area (Å²) < 4.78 is 27.2. The van der Waals surface area contributed by atoms with Gasteiger partial charge in [-0.1, -0.05) is 35.0 Å². The Kier molecular flexibility index (Phi) is 6.47. The number of hydrogen-bond acceptors (Lipinski definition) is 6. The maximum absolute atomic E-state index is 12.6. The smallest absolute Gasteiger partial charge is 0.252 e. The SMILES string of the molecule is O=C(CSc1ncccc1Cl)N1CCN(S(=O)(=O)c2ccc(Cl)s2)CC1. The fraction of sp³-hybridized carbons (Fsp3) is 0.333. The van der Waals surface area contributed by atoms with Gasteiger partial charge < -0.3 is 4.90 Å². The molecule has 0 aromatic carbocycles. The Balaban J connectivity index is 1.55. The van der Waals surface area contributed by atoms with Crippen molar-refractivity contribution in [2.24, 2.45) is 0 Å². The van der Waals surface area contributed by atoms with E-state index in [4.69, 9.17) is 23.2 Å². The molecule has 0 unspecified atom stereocenters. The number of sulfonamides is 1. The van der Waals surface area contributed by atoms with Gasteiger partial charge in [0.05, 0.1) is 15.1 Å². The number of thiophene rings is 1. The Morgan fingerprint density at radius 1 is 1.19 bits per heavy atom. The summed E-state index contributed by atoms with van der Waals surface area (Å²) in [5.41, 5.74) is 0. The zero-order chi connectivity index (χ0) is 18.7. The van der Waals surface area contributed by atoms with Crippen molar-refractivity contribution in [2.75, 3.05) is 31.9 Å². The quantitative estimate of drug-likeness (QED) is 0.653. The highest BCUT2D eigenvalue weighted by molar-refractivity contribution is 8.00. The van der Waals surface area contributed by atoms with Crippen LogP contribution in [0.5, 0.6) is 0 Å². The number of halogens is 2. The fourth-order valence-corrected chi connectivity index (χ4v) is 6.57. The van der Waals surface area contributed by atoms with Gasteiger partial charge in [-0.2, -0.15) is 4.31 Å². The predicted octanol–water partition coefficient (Wildman–Crippen LogP) is 3.08. The van der Waals surface area contributed by atoms with Crippen LogP contribution in [-0.2, 0) is 14.8 Å². The van der Waals surface area contributed by atoms with E-state index in [0.717, 1.165) is 11.3 Å². The van der Waals surface area contributed by atoms with E-state index in [-0.39, 0.29) is 29.0 Å². The number of piperazine rings is 1. The molecule has 0 saturated carbocycles. The summed E-state index contributed by atoms with van der Waals surface area (Å²) in [6.07, 6.45) is 1.62. The van der Waals surface area contributed by atoms with Crippen LogP contribution >= 0.6 is 46.3 Å². The second-order valence-electron chi connectivity index (χ2n) is 5.42. The van der Waals surface area contributed by atoms with E-state index in [2.05, 4.69) is 4.98 Å². The van der Waals surface area contributed by atoms with Gasteiger partial charge in [-0.15, -0.1) is 11.3 Å². The Morgan fingerprint density at radius 3 is 2.54 bits per heavy atom. The average molecular weight is 452 g/mol. The lowest BCUT2D eigenvalue weighted by atomic mass is 10.3. The topological polar surface area (TPSA) is 70.6 Å². The third-order valence-electron chi connectivity index (χ3n) is 3.79. The second kappa shape index (κ2) is 8.45. The van der Waals surface area contributed by atoms with Crippen LogP contribution in [0, 0.1) is 0 Å². The maximum atomic E-state index is 12.6. The van der Waals surface area contributed by atoms with E-state index in [1.54, 1.807) is 29.3 Å². The van der Waals surface area contributed by atoms with Crippen molar-refractivity contribution in [1.29, 1.82) is 0 Å². The predicted molar refractivity (Wildman–Crippen MR) is 105 cm³/mol. The minimum atomic E-state index is -3.55. The van der Waals surface area contributed by atoms with Crippen LogP contribution in [0.25, 0.3) is 0 Å². The molecule has 0 aliphatic carbocycles. The standard InChI is InChI=1S/C15H15Cl2N3O3S3/c16-11-2-1-5-18-15(11)24-10-13(21)19-6-8-20(9-7-19)26(22,23)14-4-3-12(17)25-14/h1-5H,6-10H2. The van der Waals surface area contributed by atoms with Crippen LogP contribution in [0.3, 0.4) is 0 Å². The zero-order valence-corrected chi connectivity index (χ0v) is 17.4. The van der Waals surface area contributed by atoms with Crippen LogP contribution in [0.15, 0.2) is 39.7 Å². The summed E-state index contributed by atoms with van der Waals surface area (Å²) in [5, 5.41) is 1.12. The number of nitrogens with zero attached hydrogens (tertiary/aromatic N) is 3. The average Bonchev–Trinajstić information content (AvgIpc) is 3.08. The molecule has 3 heterocycles. The molecule has 6 nitrogen and oxygen atoms in total. The van der Waals surface area contributed by atoms with E-state index in [1.165, 1.54) is 22.1 Å². The number of aromatic nitrogens is 1. The first-order chi connectivity index (χ1) is 12.4. The molecule has 1 fully saturated rings. The first-order valence-corrected chi connectivity index (χ1v) is 11.6. The Bertz CT molecular complexity index is 896. The molecule has 0 N–H and O–H groups in total. The molecule has 11 heteroatoms. The third kappa shape index (κ3) is 4.52. The number of thioether (sulfide) groups is 1. The Morgan fingerprint density at radius 2 is 1.92 bits per heavy atom. The molecule has 140 valence electrons. The number of rotatable bonds is 5. The molecular weight excluding hydrogens is 437 g/mol. The molecule has 0 spiro atoms. The van der Waals surface area contributed by atoms with Crippen LogP contribution in [0.1, 0.15) is 0 Å². The highest BCUT2D eigenvalue weighted by atomic mass is 35.5. The zero-order valence-electron chi connectivity index (χ0n) is 13.5. The summed E-state index contributed by atoms with van der Waals surface area (Å²) in [4.78, 5) is 18.2. The van der Waals surface area contributed by atoms with Crippen molar-refractivity contribution in [3.63, 3.8) is 0 Å². The van der Waals surface area contributed by atoms with Crippen molar-refractivity contribution >= 4 is 62.2 Å². The minimum absolute atomic E-state index is 0.0621. The van der Waals surface area contributed by atoms with Gasteiger partial charge in [0.15, 0.2) is 0 Å². The minimum Gasteiger partial charge on any atom is -0.339 e. The van der Waals surface area contributed by atoms with Gasteiger partial charge in [-0.3, -0.25) is 4.79 Å². The highest BCUT2D eigenvalue weighted by Crippen LogP contribution is 2.29. The van der Waals surface area contributed by atoms with Crippen molar-refractivity contribution < 1.29 is 13.2 Å². The molecule has 1 saturated heterocycles. The molecule has 1 aliphatic heterocycles. The van der Waals surface area contributed by atoms with Crippen molar-refractivity contribution in [1.82, 2.24) is 14.2 Å². The van der Waals surface area contributed by atoms with Crippen LogP contribution in [0.2, 0.25) is 9.36 Å². The lowest BCUT2D eigenvalue weighted by molar-refractivity contribution is -0.129. The fourth-order valence-electron chi connectivity index (χ4n) is 2.44. The normalized spacial score (nSPS) is 16.0. The van der Waals surface area contributed by atoms with Gasteiger partial charge in [-0.25, -0.2) is 13.4 Å². The summed E-state index contributed by atoms with van der Waals surface area (Å²) >= 11 is 14.2. The molecule has 2 aromatic rings. The number of amides is 1. The van der Waals surface area contributed by atoms with Gasteiger partial charge in [0.1, 0.15) is 9.24 Å². The first kappa shape index (κ1) is 19.9. The van der Waals surface area contributed by atoms with E-state index < -0.39 is 10.0 Å².